The van der Waals surface area contributed by atoms with Gasteiger partial charge >= 0.3 is 0 Å². The van der Waals surface area contributed by atoms with Gasteiger partial charge in [0.1, 0.15) is 12.2 Å². The van der Waals surface area contributed by atoms with Crippen molar-refractivity contribution in [1.82, 2.24) is 5.32 Å². The topological polar surface area (TPSA) is 108 Å². The van der Waals surface area contributed by atoms with Crippen LogP contribution in [0.4, 0.5) is 0 Å². The molecule has 0 bridgehead atoms. The summed E-state index contributed by atoms with van der Waals surface area (Å²) < 4.78 is 10.7. The van der Waals surface area contributed by atoms with E-state index in [2.05, 4.69) is 5.32 Å². The highest BCUT2D eigenvalue weighted by Crippen LogP contribution is 2.21. The summed E-state index contributed by atoms with van der Waals surface area (Å²) in [7, 11) is 1.59. The minimum atomic E-state index is -1.09. The zero-order valence-electron chi connectivity index (χ0n) is 11.1. The highest BCUT2D eigenvalue weighted by Gasteiger charge is 2.36. The van der Waals surface area contributed by atoms with Crippen LogP contribution in [0.25, 0.3) is 0 Å². The van der Waals surface area contributed by atoms with E-state index in [1.807, 2.05) is 0 Å². The van der Waals surface area contributed by atoms with Gasteiger partial charge in [0, 0.05) is 26.5 Å². The van der Waals surface area contributed by atoms with E-state index < -0.39 is 24.6 Å². The lowest BCUT2D eigenvalue weighted by Crippen LogP contribution is -2.50. The van der Waals surface area contributed by atoms with Crippen LogP contribution in [0.1, 0.15) is 25.7 Å². The number of unbranched alkanes of at least 4 members (excludes halogenated alkanes) is 1. The van der Waals surface area contributed by atoms with E-state index in [0.29, 0.717) is 25.9 Å². The number of aliphatic hydroxyl groups is 3. The number of carbonyl (C=O) groups excluding carboxylic acids is 1. The molecule has 4 N–H and O–H groups in total. The Kier molecular flexibility index (Phi) is 7.25. The van der Waals surface area contributed by atoms with E-state index in [4.69, 9.17) is 14.6 Å². The summed E-state index contributed by atoms with van der Waals surface area (Å²) >= 11 is 0. The number of hydrogen-bond donors (Lipinski definition) is 4. The first kappa shape index (κ1) is 16.3. The molecule has 0 aromatic rings. The molecule has 112 valence electrons. The summed E-state index contributed by atoms with van der Waals surface area (Å²) in [6, 6.07) is 0. The van der Waals surface area contributed by atoms with Crippen molar-refractivity contribution in [3.8, 4) is 0 Å². The van der Waals surface area contributed by atoms with Crippen LogP contribution in [-0.4, -0.2) is 66.1 Å². The van der Waals surface area contributed by atoms with Crippen molar-refractivity contribution in [2.45, 2.75) is 50.3 Å². The third-order valence-electron chi connectivity index (χ3n) is 3.10. The highest BCUT2D eigenvalue weighted by molar-refractivity contribution is 5.75. The van der Waals surface area contributed by atoms with Crippen LogP contribution >= 0.6 is 0 Å². The Hall–Kier alpha value is -0.730. The molecule has 19 heavy (non-hydrogen) atoms. The highest BCUT2D eigenvalue weighted by atomic mass is 16.7. The predicted octanol–water partition coefficient (Wildman–Crippen LogP) is -1.25. The van der Waals surface area contributed by atoms with E-state index in [9.17, 15) is 15.0 Å². The molecule has 4 unspecified atom stereocenters. The van der Waals surface area contributed by atoms with Crippen molar-refractivity contribution >= 4 is 5.91 Å². The van der Waals surface area contributed by atoms with Crippen molar-refractivity contribution in [2.75, 3.05) is 20.3 Å². The van der Waals surface area contributed by atoms with Crippen molar-refractivity contribution in [2.24, 2.45) is 0 Å². The summed E-state index contributed by atoms with van der Waals surface area (Å²) in [6.45, 7) is 0.0391. The van der Waals surface area contributed by atoms with E-state index in [0.717, 1.165) is 0 Å². The third kappa shape index (κ3) is 5.42. The lowest BCUT2D eigenvalue weighted by atomic mass is 10.0. The van der Waals surface area contributed by atoms with Gasteiger partial charge in [0.15, 0.2) is 6.29 Å². The van der Waals surface area contributed by atoms with Crippen molar-refractivity contribution in [3.63, 3.8) is 0 Å². The van der Waals surface area contributed by atoms with Crippen LogP contribution in [0.3, 0.4) is 0 Å². The quantitative estimate of drug-likeness (QED) is 0.433. The molecule has 0 saturated carbocycles. The number of hydrogen-bond acceptors (Lipinski definition) is 6. The third-order valence-corrected chi connectivity index (χ3v) is 3.10. The molecular weight excluding hydrogens is 254 g/mol. The molecule has 1 aliphatic heterocycles. The second kappa shape index (κ2) is 8.44. The number of nitrogens with one attached hydrogen (secondary N) is 1. The largest absolute Gasteiger partial charge is 0.394 e. The molecule has 0 radical (unpaired) electrons. The molecule has 0 aromatic carbocycles. The molecule has 1 heterocycles. The van der Waals surface area contributed by atoms with Gasteiger partial charge in [-0.2, -0.15) is 0 Å². The van der Waals surface area contributed by atoms with Gasteiger partial charge in [-0.05, 0) is 12.8 Å². The van der Waals surface area contributed by atoms with Crippen molar-refractivity contribution in [1.29, 1.82) is 0 Å². The molecule has 4 atom stereocenters. The fraction of sp³-hybridized carbons (Fsp3) is 0.917. The smallest absolute Gasteiger partial charge is 0.219 e. The maximum absolute atomic E-state index is 11.0. The average Bonchev–Trinajstić information content (AvgIpc) is 2.41. The summed E-state index contributed by atoms with van der Waals surface area (Å²) in [5.74, 6) is -0.00666. The van der Waals surface area contributed by atoms with Crippen molar-refractivity contribution in [3.05, 3.63) is 0 Å². The van der Waals surface area contributed by atoms with E-state index in [1.165, 1.54) is 0 Å². The molecule has 1 amide bonds. The molecule has 7 heteroatoms. The molecule has 7 nitrogen and oxygen atoms in total. The maximum atomic E-state index is 11.0. The Morgan fingerprint density at radius 3 is 2.79 bits per heavy atom. The molecule has 0 aromatic heterocycles. The van der Waals surface area contributed by atoms with E-state index in [1.54, 1.807) is 7.05 Å². The number of aliphatic hydroxyl groups excluding tert-OH is 3. The molecule has 1 fully saturated rings. The summed E-state index contributed by atoms with van der Waals surface area (Å²) in [6.07, 6.45) is -1.45. The Bertz CT molecular complexity index is 275. The molecule has 1 saturated heterocycles. The number of rotatable bonds is 7. The lowest BCUT2D eigenvalue weighted by molar-refractivity contribution is -0.256. The average molecular weight is 277 g/mol. The summed E-state index contributed by atoms with van der Waals surface area (Å²) in [5.41, 5.74) is 0. The van der Waals surface area contributed by atoms with Gasteiger partial charge in [0.05, 0.1) is 12.7 Å². The van der Waals surface area contributed by atoms with Gasteiger partial charge in [-0.3, -0.25) is 4.79 Å². The zero-order valence-corrected chi connectivity index (χ0v) is 11.1. The van der Waals surface area contributed by atoms with Crippen LogP contribution in [-0.2, 0) is 14.3 Å². The molecular formula is C12H23NO6. The van der Waals surface area contributed by atoms with Gasteiger partial charge < -0.3 is 30.1 Å². The predicted molar refractivity (Wildman–Crippen MR) is 66.2 cm³/mol. The van der Waals surface area contributed by atoms with Crippen molar-refractivity contribution < 1.29 is 29.6 Å². The molecule has 0 aliphatic carbocycles. The van der Waals surface area contributed by atoms with Crippen LogP contribution in [0.5, 0.6) is 0 Å². The Morgan fingerprint density at radius 1 is 1.42 bits per heavy atom. The number of ether oxygens (including phenoxy) is 2. The second-order valence-corrected chi connectivity index (χ2v) is 4.58. The normalized spacial score (nSPS) is 31.2. The second-order valence-electron chi connectivity index (χ2n) is 4.58. The number of amides is 1. The van der Waals surface area contributed by atoms with Crippen LogP contribution in [0.2, 0.25) is 0 Å². The molecule has 1 rings (SSSR count). The SMILES string of the molecule is CNC(=O)CCCCOC1CC(O)C(O)C(CO)O1. The summed E-state index contributed by atoms with van der Waals surface area (Å²) in [5, 5.41) is 30.6. The Balaban J connectivity index is 2.17. The monoisotopic (exact) mass is 277 g/mol. The Morgan fingerprint density at radius 2 is 2.16 bits per heavy atom. The first-order valence-corrected chi connectivity index (χ1v) is 6.53. The fourth-order valence-corrected chi connectivity index (χ4v) is 1.90. The van der Waals surface area contributed by atoms with Gasteiger partial charge in [0.25, 0.3) is 0 Å². The van der Waals surface area contributed by atoms with E-state index >= 15 is 0 Å². The van der Waals surface area contributed by atoms with Gasteiger partial charge in [0.2, 0.25) is 5.91 Å². The zero-order chi connectivity index (χ0) is 14.3. The molecule has 1 aliphatic rings. The van der Waals surface area contributed by atoms with Gasteiger partial charge in [-0.1, -0.05) is 0 Å². The Labute approximate surface area is 112 Å². The van der Waals surface area contributed by atoms with E-state index in [-0.39, 0.29) is 18.9 Å². The van der Waals surface area contributed by atoms with Crippen LogP contribution < -0.4 is 5.32 Å². The minimum Gasteiger partial charge on any atom is -0.394 e. The van der Waals surface area contributed by atoms with Gasteiger partial charge in [-0.25, -0.2) is 0 Å². The summed E-state index contributed by atoms with van der Waals surface area (Å²) in [4.78, 5) is 11.0. The fourth-order valence-electron chi connectivity index (χ4n) is 1.90. The van der Waals surface area contributed by atoms with Crippen LogP contribution in [0.15, 0.2) is 0 Å². The first-order chi connectivity index (χ1) is 9.08. The number of carbonyl (C=O) groups is 1. The lowest BCUT2D eigenvalue weighted by Gasteiger charge is -2.36. The molecule has 0 spiro atoms. The maximum Gasteiger partial charge on any atom is 0.219 e. The standard InChI is InChI=1S/C12H23NO6/c1-13-10(16)4-2-3-5-18-11-6-8(15)12(17)9(7-14)19-11/h8-9,11-12,14-15,17H,2-7H2,1H3,(H,13,16). The van der Waals surface area contributed by atoms with Crippen LogP contribution in [0, 0.1) is 0 Å². The minimum absolute atomic E-state index is 0.00666. The van der Waals surface area contributed by atoms with Gasteiger partial charge in [-0.15, -0.1) is 0 Å². The first-order valence-electron chi connectivity index (χ1n) is 6.53.